The van der Waals surface area contributed by atoms with Gasteiger partial charge in [0.15, 0.2) is 4.90 Å². The summed E-state index contributed by atoms with van der Waals surface area (Å²) in [6, 6.07) is 0. The SMILES string of the molecule is CC(C)=CCC/C(C)=C\CC(CC=C(C)C)(P(=O)(OCOC(=O)C(C)(C)C)OCOC(=O)C(C)(C)C)P(=O)(OCOC(=O)C(C)(C)C)OCOC(=O)C(C)(C)C. The molecule has 16 heteroatoms. The van der Waals surface area contributed by atoms with Gasteiger partial charge in [0.25, 0.3) is 0 Å². The molecule has 0 aliphatic rings. The maximum atomic E-state index is 15.7. The number of rotatable bonds is 21. The molecule has 0 rings (SSSR count). The fourth-order valence-corrected chi connectivity index (χ4v) is 9.12. The molecule has 0 radical (unpaired) electrons. The van der Waals surface area contributed by atoms with Gasteiger partial charge in [0.05, 0.1) is 21.7 Å². The van der Waals surface area contributed by atoms with E-state index in [4.69, 9.17) is 37.0 Å². The minimum absolute atomic E-state index is 0.382. The van der Waals surface area contributed by atoms with E-state index in [-0.39, 0.29) is 12.8 Å². The summed E-state index contributed by atoms with van der Waals surface area (Å²) in [5.74, 6) is -2.86. The molecule has 0 heterocycles. The first-order chi connectivity index (χ1) is 25.2. The Morgan fingerprint density at radius 1 is 0.446 bits per heavy atom. The van der Waals surface area contributed by atoms with Crippen molar-refractivity contribution in [3.63, 3.8) is 0 Å². The highest BCUT2D eigenvalue weighted by molar-refractivity contribution is 7.74. The van der Waals surface area contributed by atoms with Crippen LogP contribution >= 0.6 is 15.2 Å². The molecular weight excluding hydrogens is 766 g/mol. The second-order valence-electron chi connectivity index (χ2n) is 18.3. The lowest BCUT2D eigenvalue weighted by Gasteiger charge is -2.41. The number of carbonyl (C=O) groups is 4. The predicted molar refractivity (Wildman–Crippen MR) is 215 cm³/mol. The minimum atomic E-state index is -5.10. The van der Waals surface area contributed by atoms with Gasteiger partial charge >= 0.3 is 39.1 Å². The molecule has 0 aliphatic heterocycles. The van der Waals surface area contributed by atoms with Crippen LogP contribution in [0.5, 0.6) is 0 Å². The standard InChI is InChI=1S/C40H70O14P2/c1-29(2)19-18-20-31(5)22-24-40(23-21-30(3)4,55(45,51-25-47-32(41)36(6,7)8)52-26-48-33(42)37(9,10)11)56(46,53-27-49-34(43)38(12,13)14)54-28-50-35(44)39(15,16)17/h19,21-22H,18,20,23-28H2,1-17H3/b31-22-. The van der Waals surface area contributed by atoms with E-state index in [1.807, 2.05) is 26.8 Å². The summed E-state index contributed by atoms with van der Waals surface area (Å²) in [5, 5.41) is 0. The molecule has 0 fully saturated rings. The van der Waals surface area contributed by atoms with Crippen LogP contribution in [-0.4, -0.2) is 55.9 Å². The van der Waals surface area contributed by atoms with E-state index >= 15 is 9.13 Å². The van der Waals surface area contributed by atoms with E-state index in [0.29, 0.717) is 18.4 Å². The molecule has 324 valence electrons. The average molecular weight is 837 g/mol. The Morgan fingerprint density at radius 3 is 0.964 bits per heavy atom. The molecule has 0 aromatic heterocycles. The van der Waals surface area contributed by atoms with Gasteiger partial charge in [0.1, 0.15) is 0 Å². The normalized spacial score (nSPS) is 13.4. The molecule has 14 nitrogen and oxygen atoms in total. The fraction of sp³-hybridized carbons (Fsp3) is 0.750. The predicted octanol–water partition coefficient (Wildman–Crippen LogP) is 10.8. The molecule has 0 spiro atoms. The van der Waals surface area contributed by atoms with Crippen molar-refractivity contribution in [2.45, 2.75) is 148 Å². The van der Waals surface area contributed by atoms with Crippen molar-refractivity contribution >= 4 is 39.1 Å². The van der Waals surface area contributed by atoms with Gasteiger partial charge < -0.3 is 18.9 Å². The van der Waals surface area contributed by atoms with Crippen molar-refractivity contribution in [3.8, 4) is 0 Å². The van der Waals surface area contributed by atoms with E-state index in [0.717, 1.165) is 11.1 Å². The van der Waals surface area contributed by atoms with E-state index in [1.165, 1.54) is 0 Å². The van der Waals surface area contributed by atoms with E-state index in [2.05, 4.69) is 0 Å². The number of ether oxygens (including phenoxy) is 4. The van der Waals surface area contributed by atoms with Crippen LogP contribution in [0.4, 0.5) is 0 Å². The highest BCUT2D eigenvalue weighted by Crippen LogP contribution is 2.80. The molecule has 0 aromatic rings. The van der Waals surface area contributed by atoms with Gasteiger partial charge in [-0.3, -0.25) is 46.4 Å². The summed E-state index contributed by atoms with van der Waals surface area (Å²) in [7, 11) is -10.2. The molecule has 0 N–H and O–H groups in total. The second kappa shape index (κ2) is 22.0. The smallest absolute Gasteiger partial charge is 0.355 e. The minimum Gasteiger partial charge on any atom is -0.438 e. The van der Waals surface area contributed by atoms with Crippen molar-refractivity contribution in [2.24, 2.45) is 21.7 Å². The molecule has 56 heavy (non-hydrogen) atoms. The third-order valence-corrected chi connectivity index (χ3v) is 13.8. The molecule has 0 aromatic carbocycles. The van der Waals surface area contributed by atoms with E-state index in [1.54, 1.807) is 109 Å². The molecule has 0 bridgehead atoms. The fourth-order valence-electron chi connectivity index (χ4n) is 4.09. The third kappa shape index (κ3) is 17.9. The van der Waals surface area contributed by atoms with Crippen LogP contribution in [0.3, 0.4) is 0 Å². The number of carbonyl (C=O) groups excluding carboxylic acids is 4. The highest BCUT2D eigenvalue weighted by atomic mass is 31.2. The van der Waals surface area contributed by atoms with Gasteiger partial charge in [-0.2, -0.15) is 0 Å². The van der Waals surface area contributed by atoms with Crippen LogP contribution in [0.25, 0.3) is 0 Å². The maximum Gasteiger partial charge on any atom is 0.355 e. The largest absolute Gasteiger partial charge is 0.438 e. The van der Waals surface area contributed by atoms with Gasteiger partial charge in [0.2, 0.25) is 27.2 Å². The van der Waals surface area contributed by atoms with E-state index in [9.17, 15) is 19.2 Å². The Hall–Kier alpha value is -2.60. The maximum absolute atomic E-state index is 15.7. The van der Waals surface area contributed by atoms with Crippen molar-refractivity contribution in [1.29, 1.82) is 0 Å². The monoisotopic (exact) mass is 836 g/mol. The van der Waals surface area contributed by atoms with Crippen molar-refractivity contribution in [3.05, 3.63) is 34.9 Å². The molecule has 0 amide bonds. The van der Waals surface area contributed by atoms with E-state index < -0.39 is 92.8 Å². The zero-order chi connectivity index (χ0) is 44.0. The summed E-state index contributed by atoms with van der Waals surface area (Å²) in [4.78, 5) is 49.0. The van der Waals surface area contributed by atoms with Crippen LogP contribution in [0.15, 0.2) is 34.9 Å². The Labute approximate surface area is 335 Å². The topological polar surface area (TPSA) is 176 Å². The number of esters is 4. The summed E-state index contributed by atoms with van der Waals surface area (Å²) >= 11 is 0. The van der Waals surface area contributed by atoms with Crippen molar-refractivity contribution < 1.29 is 65.4 Å². The van der Waals surface area contributed by atoms with Gasteiger partial charge in [0, 0.05) is 0 Å². The van der Waals surface area contributed by atoms with Crippen LogP contribution in [0.2, 0.25) is 0 Å². The molecule has 0 saturated carbocycles. The lowest BCUT2D eigenvalue weighted by Crippen LogP contribution is -2.35. The summed E-state index contributed by atoms with van der Waals surface area (Å²) < 4.78 is 76.5. The Kier molecular flexibility index (Phi) is 20.9. The average Bonchev–Trinajstić information content (AvgIpc) is 3.02. The third-order valence-electron chi connectivity index (χ3n) is 7.83. The van der Waals surface area contributed by atoms with Gasteiger partial charge in [-0.25, -0.2) is 0 Å². The van der Waals surface area contributed by atoms with Crippen molar-refractivity contribution in [2.75, 3.05) is 27.2 Å². The summed E-state index contributed by atoms with van der Waals surface area (Å²) in [5.41, 5.74) is -1.37. The molecule has 0 unspecified atom stereocenters. The quantitative estimate of drug-likeness (QED) is 0.0351. The number of hydrogen-bond donors (Lipinski definition) is 0. The first kappa shape index (κ1) is 53.4. The second-order valence-corrected chi connectivity index (χ2v) is 23.3. The van der Waals surface area contributed by atoms with Crippen LogP contribution in [0.1, 0.15) is 143 Å². The molecule has 0 saturated heterocycles. The lowest BCUT2D eigenvalue weighted by molar-refractivity contribution is -0.163. The van der Waals surface area contributed by atoms with Crippen LogP contribution in [-0.2, 0) is 65.4 Å². The first-order valence-electron chi connectivity index (χ1n) is 18.6. The first-order valence-corrected chi connectivity index (χ1v) is 21.7. The Balaban J connectivity index is 8.03. The Morgan fingerprint density at radius 2 is 0.714 bits per heavy atom. The van der Waals surface area contributed by atoms with Gasteiger partial charge in [-0.05, 0) is 143 Å². The zero-order valence-electron chi connectivity index (χ0n) is 37.0. The lowest BCUT2D eigenvalue weighted by atomic mass is 9.98. The van der Waals surface area contributed by atoms with Crippen molar-refractivity contribution in [1.82, 2.24) is 0 Å². The highest BCUT2D eigenvalue weighted by Gasteiger charge is 2.65. The summed E-state index contributed by atoms with van der Waals surface area (Å²) in [6.07, 6.45) is 5.78. The zero-order valence-corrected chi connectivity index (χ0v) is 38.8. The van der Waals surface area contributed by atoms with Crippen LogP contribution < -0.4 is 0 Å². The Bertz CT molecular complexity index is 1370. The molecule has 0 atom stereocenters. The number of allylic oxidation sites excluding steroid dienone is 6. The van der Waals surface area contributed by atoms with Gasteiger partial charge in [-0.15, -0.1) is 0 Å². The van der Waals surface area contributed by atoms with Gasteiger partial charge in [-0.1, -0.05) is 34.9 Å². The van der Waals surface area contributed by atoms with Crippen LogP contribution in [0, 0.1) is 21.7 Å². The molecular formula is C40H70O14P2. The number of hydrogen-bond acceptors (Lipinski definition) is 14. The summed E-state index contributed by atoms with van der Waals surface area (Å²) in [6.45, 7) is 24.7. The molecule has 0 aliphatic carbocycles.